The fourth-order valence-corrected chi connectivity index (χ4v) is 14.0. The van der Waals surface area contributed by atoms with Crippen LogP contribution in [0.1, 0.15) is 415 Å². The minimum atomic E-state index is -4.96. The zero-order chi connectivity index (χ0) is 73.8. The van der Waals surface area contributed by atoms with E-state index in [1.54, 1.807) is 0 Å². The van der Waals surface area contributed by atoms with Gasteiger partial charge in [0, 0.05) is 25.7 Å². The van der Waals surface area contributed by atoms with Crippen molar-refractivity contribution in [1.29, 1.82) is 0 Å². The summed E-state index contributed by atoms with van der Waals surface area (Å²) in [5.41, 5.74) is 0. The number of unbranched alkanes of at least 4 members (excludes halogenated alkanes) is 43. The van der Waals surface area contributed by atoms with Crippen molar-refractivity contribution in [3.05, 3.63) is 0 Å². The first-order valence-corrected chi connectivity index (χ1v) is 44.7. The van der Waals surface area contributed by atoms with Gasteiger partial charge in [0.25, 0.3) is 0 Å². The van der Waals surface area contributed by atoms with Gasteiger partial charge in [-0.1, -0.05) is 364 Å². The summed E-state index contributed by atoms with van der Waals surface area (Å²) in [5, 5.41) is 10.6. The normalized spacial score (nSPS) is 14.3. The first kappa shape index (κ1) is 98.1. The van der Waals surface area contributed by atoms with Crippen LogP contribution in [0.5, 0.6) is 0 Å². The average Bonchev–Trinajstić information content (AvgIpc) is 0.956. The van der Waals surface area contributed by atoms with E-state index in [1.165, 1.54) is 212 Å². The van der Waals surface area contributed by atoms with Gasteiger partial charge in [-0.2, -0.15) is 0 Å². The first-order valence-electron chi connectivity index (χ1n) is 41.7. The highest BCUT2D eigenvalue weighted by atomic mass is 31.2. The van der Waals surface area contributed by atoms with Gasteiger partial charge in [0.15, 0.2) is 12.2 Å². The molecule has 0 aromatic carbocycles. The van der Waals surface area contributed by atoms with Crippen LogP contribution in [0.4, 0.5) is 0 Å². The van der Waals surface area contributed by atoms with Crippen molar-refractivity contribution in [3.63, 3.8) is 0 Å². The van der Waals surface area contributed by atoms with Crippen LogP contribution in [0.2, 0.25) is 0 Å². The Morgan fingerprint density at radius 1 is 0.280 bits per heavy atom. The van der Waals surface area contributed by atoms with Gasteiger partial charge in [-0.15, -0.1) is 0 Å². The van der Waals surface area contributed by atoms with Crippen LogP contribution < -0.4 is 0 Å². The number of phosphoric ester groups is 2. The first-order chi connectivity index (χ1) is 48.1. The summed E-state index contributed by atoms with van der Waals surface area (Å²) in [4.78, 5) is 73.0. The molecule has 0 fully saturated rings. The van der Waals surface area contributed by atoms with Gasteiger partial charge in [0.05, 0.1) is 26.4 Å². The molecule has 0 bridgehead atoms. The van der Waals surface area contributed by atoms with Gasteiger partial charge in [0.2, 0.25) is 0 Å². The monoisotopic (exact) mass is 1470 g/mol. The van der Waals surface area contributed by atoms with Crippen LogP contribution in [0.25, 0.3) is 0 Å². The number of ether oxygens (including phenoxy) is 4. The van der Waals surface area contributed by atoms with Crippen LogP contribution >= 0.6 is 15.6 Å². The van der Waals surface area contributed by atoms with Crippen molar-refractivity contribution < 1.29 is 80.2 Å². The van der Waals surface area contributed by atoms with Crippen molar-refractivity contribution in [2.24, 2.45) is 23.7 Å². The number of aliphatic hydroxyl groups is 1. The molecule has 594 valence electrons. The van der Waals surface area contributed by atoms with E-state index in [0.717, 1.165) is 114 Å². The number of carbonyl (C=O) groups is 4. The van der Waals surface area contributed by atoms with Crippen LogP contribution in [0.3, 0.4) is 0 Å². The number of hydrogen-bond donors (Lipinski definition) is 3. The third-order valence-electron chi connectivity index (χ3n) is 19.2. The molecule has 0 amide bonds. The van der Waals surface area contributed by atoms with E-state index in [4.69, 9.17) is 37.0 Å². The van der Waals surface area contributed by atoms with Crippen molar-refractivity contribution in [2.75, 3.05) is 39.6 Å². The predicted octanol–water partition coefficient (Wildman–Crippen LogP) is 24.0. The molecule has 0 aromatic heterocycles. The number of carbonyl (C=O) groups excluding carboxylic acids is 4. The maximum Gasteiger partial charge on any atom is 0.472 e. The standard InChI is InChI=1S/C81H158O17P2/c1-9-74(8)60-52-44-36-30-31-39-48-56-64-81(86)98-77(68-92-79(84)62-54-46-40-32-35-43-51-59-73(6)7)70-96-100(89,90)94-66-75(82)65-93-99(87,88)95-69-76(67-91-78(83)61-53-45-37-28-24-20-17-16-19-23-27-34-42-50-58-72(4)5)97-80(85)63-55-47-38-29-25-21-15-13-11-10-12-14-18-22-26-33-41-49-57-71(2)3/h71-77,82H,9-70H2,1-8H3,(H,87,88)(H,89,90)/t74?,75?,76-,77-/m1/s1. The fraction of sp³-hybridized carbons (Fsp3) is 0.951. The molecule has 0 rings (SSSR count). The topological polar surface area (TPSA) is 237 Å². The van der Waals surface area contributed by atoms with Crippen molar-refractivity contribution in [3.8, 4) is 0 Å². The number of aliphatic hydroxyl groups excluding tert-OH is 1. The van der Waals surface area contributed by atoms with Gasteiger partial charge in [-0.3, -0.25) is 37.3 Å². The Morgan fingerprint density at radius 2 is 0.480 bits per heavy atom. The molecule has 0 aliphatic heterocycles. The second-order valence-corrected chi connectivity index (χ2v) is 33.7. The highest BCUT2D eigenvalue weighted by Crippen LogP contribution is 2.45. The highest BCUT2D eigenvalue weighted by Gasteiger charge is 2.30. The molecule has 6 atom stereocenters. The molecule has 3 N–H and O–H groups in total. The molecule has 0 aromatic rings. The third kappa shape index (κ3) is 73.0. The molecule has 0 saturated carbocycles. The molecule has 19 heteroatoms. The SMILES string of the molecule is CCC(C)CCCCCCCCCCC(=O)O[C@H](COC(=O)CCCCCCCCCC(C)C)COP(=O)(O)OCC(O)COP(=O)(O)OC[C@@H](COC(=O)CCCCCCCCCCCCCCCCC(C)C)OC(=O)CCCCCCCCCCCCCCCCCCCCC(C)C. The lowest BCUT2D eigenvalue weighted by Crippen LogP contribution is -2.30. The minimum Gasteiger partial charge on any atom is -0.462 e. The molecule has 4 unspecified atom stereocenters. The van der Waals surface area contributed by atoms with Gasteiger partial charge in [0.1, 0.15) is 19.3 Å². The zero-order valence-corrected chi connectivity index (χ0v) is 67.6. The lowest BCUT2D eigenvalue weighted by molar-refractivity contribution is -0.161. The number of phosphoric acid groups is 2. The summed E-state index contributed by atoms with van der Waals surface area (Å²) >= 11 is 0. The van der Waals surface area contributed by atoms with Crippen molar-refractivity contribution in [2.45, 2.75) is 433 Å². The van der Waals surface area contributed by atoms with E-state index < -0.39 is 97.5 Å². The molecular formula is C81H158O17P2. The Morgan fingerprint density at radius 3 is 0.710 bits per heavy atom. The Bertz CT molecular complexity index is 1960. The molecular weight excluding hydrogens is 1310 g/mol. The van der Waals surface area contributed by atoms with E-state index in [1.807, 2.05) is 0 Å². The molecule has 0 spiro atoms. The van der Waals surface area contributed by atoms with E-state index in [2.05, 4.69) is 55.4 Å². The van der Waals surface area contributed by atoms with Gasteiger partial charge < -0.3 is 33.8 Å². The van der Waals surface area contributed by atoms with E-state index >= 15 is 0 Å². The maximum atomic E-state index is 13.1. The van der Waals surface area contributed by atoms with E-state index in [0.29, 0.717) is 31.6 Å². The van der Waals surface area contributed by atoms with Crippen LogP contribution in [-0.2, 0) is 65.4 Å². The summed E-state index contributed by atoms with van der Waals surface area (Å²) < 4.78 is 68.7. The molecule has 0 aliphatic carbocycles. The summed E-state index contributed by atoms with van der Waals surface area (Å²) in [5.74, 6) is 0.977. The molecule has 0 radical (unpaired) electrons. The quantitative estimate of drug-likeness (QED) is 0.0222. The predicted molar refractivity (Wildman–Crippen MR) is 409 cm³/mol. The lowest BCUT2D eigenvalue weighted by Gasteiger charge is -2.21. The smallest absolute Gasteiger partial charge is 0.462 e. The summed E-state index contributed by atoms with van der Waals surface area (Å²) in [7, 11) is -9.92. The Hall–Kier alpha value is -1.94. The number of rotatable bonds is 78. The Balaban J connectivity index is 5.22. The Kier molecular flexibility index (Phi) is 68.7. The number of esters is 4. The number of hydrogen-bond acceptors (Lipinski definition) is 15. The average molecular weight is 1470 g/mol. The molecule has 0 heterocycles. The van der Waals surface area contributed by atoms with Gasteiger partial charge in [-0.25, -0.2) is 9.13 Å². The van der Waals surface area contributed by atoms with Crippen molar-refractivity contribution >= 4 is 39.5 Å². The van der Waals surface area contributed by atoms with Crippen LogP contribution in [-0.4, -0.2) is 96.7 Å². The second-order valence-electron chi connectivity index (χ2n) is 30.8. The van der Waals surface area contributed by atoms with Crippen LogP contribution in [0.15, 0.2) is 0 Å². The molecule has 0 aliphatic rings. The molecule has 0 saturated heterocycles. The van der Waals surface area contributed by atoms with Gasteiger partial charge >= 0.3 is 39.5 Å². The molecule has 100 heavy (non-hydrogen) atoms. The van der Waals surface area contributed by atoms with Gasteiger partial charge in [-0.05, 0) is 49.4 Å². The van der Waals surface area contributed by atoms with Crippen molar-refractivity contribution in [1.82, 2.24) is 0 Å². The summed E-state index contributed by atoms with van der Waals surface area (Å²) in [6.45, 7) is 14.2. The second kappa shape index (κ2) is 70.1. The largest absolute Gasteiger partial charge is 0.472 e. The summed E-state index contributed by atoms with van der Waals surface area (Å²) in [6, 6.07) is 0. The van der Waals surface area contributed by atoms with E-state index in [9.17, 15) is 43.2 Å². The Labute approximate surface area is 613 Å². The van der Waals surface area contributed by atoms with Crippen LogP contribution in [0, 0.1) is 23.7 Å². The lowest BCUT2D eigenvalue weighted by atomic mass is 9.99. The molecule has 17 nitrogen and oxygen atoms in total. The highest BCUT2D eigenvalue weighted by molar-refractivity contribution is 7.47. The summed E-state index contributed by atoms with van der Waals surface area (Å²) in [6.07, 6.45) is 57.0. The minimum absolute atomic E-state index is 0.104. The van der Waals surface area contributed by atoms with E-state index in [-0.39, 0.29) is 25.7 Å². The zero-order valence-electron chi connectivity index (χ0n) is 65.8. The third-order valence-corrected chi connectivity index (χ3v) is 21.1. The fourth-order valence-electron chi connectivity index (χ4n) is 12.4. The maximum absolute atomic E-state index is 13.1.